The molecule has 3 heteroatoms. The van der Waals surface area contributed by atoms with Gasteiger partial charge in [0, 0.05) is 42.5 Å². The largest absolute Gasteiger partial charge is 0.265 e. The molecule has 2 aromatic rings. The van der Waals surface area contributed by atoms with Gasteiger partial charge in [-0.3, -0.25) is 15.0 Å². The van der Waals surface area contributed by atoms with Crippen LogP contribution in [0.3, 0.4) is 0 Å². The third kappa shape index (κ3) is 3.58. The van der Waals surface area contributed by atoms with Gasteiger partial charge in [-0.25, -0.2) is 0 Å². The van der Waals surface area contributed by atoms with E-state index in [1.807, 2.05) is 49.8 Å². The summed E-state index contributed by atoms with van der Waals surface area (Å²) < 4.78 is 0. The normalized spacial score (nSPS) is 13.7. The van der Waals surface area contributed by atoms with Crippen LogP contribution >= 0.6 is 0 Å². The maximum absolute atomic E-state index is 4.45. The fourth-order valence-corrected chi connectivity index (χ4v) is 1.88. The fraction of sp³-hybridized carbons (Fsp3) is 0.188. The van der Waals surface area contributed by atoms with Gasteiger partial charge >= 0.3 is 0 Å². The molecule has 0 radical (unpaired) electrons. The Bertz CT molecular complexity index is 559. The first-order valence-corrected chi connectivity index (χ1v) is 6.32. The third-order valence-electron chi connectivity index (χ3n) is 2.88. The maximum atomic E-state index is 4.45. The number of aliphatic imine (C=N–C) groups is 1. The Kier molecular flexibility index (Phi) is 4.56. The lowest BCUT2D eigenvalue weighted by atomic mass is 10.00. The van der Waals surface area contributed by atoms with E-state index in [1.165, 1.54) is 5.56 Å². The molecule has 0 fully saturated rings. The van der Waals surface area contributed by atoms with Crippen molar-refractivity contribution < 1.29 is 0 Å². The molecule has 2 rings (SSSR count). The zero-order valence-corrected chi connectivity index (χ0v) is 11.2. The zero-order chi connectivity index (χ0) is 13.5. The minimum atomic E-state index is 0.287. The van der Waals surface area contributed by atoms with Gasteiger partial charge in [0.15, 0.2) is 0 Å². The van der Waals surface area contributed by atoms with Crippen LogP contribution in [0, 0.1) is 0 Å². The number of aromatic nitrogens is 2. The number of hydrogen-bond donors (Lipinski definition) is 0. The predicted molar refractivity (Wildman–Crippen MR) is 79.0 cm³/mol. The second kappa shape index (κ2) is 6.59. The van der Waals surface area contributed by atoms with Gasteiger partial charge in [0.05, 0.1) is 5.70 Å². The molecule has 19 heavy (non-hydrogen) atoms. The van der Waals surface area contributed by atoms with Gasteiger partial charge < -0.3 is 0 Å². The molecule has 1 atom stereocenters. The molecule has 0 saturated heterocycles. The van der Waals surface area contributed by atoms with E-state index in [0.717, 1.165) is 11.3 Å². The second-order valence-corrected chi connectivity index (χ2v) is 4.24. The van der Waals surface area contributed by atoms with Crippen LogP contribution in [0.25, 0.3) is 5.70 Å². The van der Waals surface area contributed by atoms with Crippen LogP contribution in [0.1, 0.15) is 30.9 Å². The molecule has 0 saturated carbocycles. The maximum Gasteiger partial charge on any atom is 0.0665 e. The van der Waals surface area contributed by atoms with E-state index in [9.17, 15) is 0 Å². The Labute approximate surface area is 113 Å². The molecule has 0 aliphatic heterocycles. The van der Waals surface area contributed by atoms with Crippen LogP contribution in [0.4, 0.5) is 0 Å². The first-order chi connectivity index (χ1) is 9.31. The zero-order valence-electron chi connectivity index (χ0n) is 11.2. The molecule has 0 spiro atoms. The lowest BCUT2D eigenvalue weighted by Crippen LogP contribution is -1.92. The summed E-state index contributed by atoms with van der Waals surface area (Å²) in [6.07, 6.45) is 11.2. The van der Waals surface area contributed by atoms with Crippen molar-refractivity contribution in [1.29, 1.82) is 0 Å². The Hall–Kier alpha value is -2.29. The van der Waals surface area contributed by atoms with Crippen molar-refractivity contribution in [2.75, 3.05) is 0 Å². The number of pyridine rings is 2. The van der Waals surface area contributed by atoms with E-state index in [1.54, 1.807) is 12.4 Å². The molecule has 96 valence electrons. The van der Waals surface area contributed by atoms with Crippen molar-refractivity contribution in [2.45, 2.75) is 19.8 Å². The molecule has 0 amide bonds. The Morgan fingerprint density at radius 3 is 2.21 bits per heavy atom. The molecule has 0 aromatic carbocycles. The quantitative estimate of drug-likeness (QED) is 0.777. The van der Waals surface area contributed by atoms with E-state index in [4.69, 9.17) is 0 Å². The monoisotopic (exact) mass is 251 g/mol. The van der Waals surface area contributed by atoms with Gasteiger partial charge in [0.1, 0.15) is 0 Å². The van der Waals surface area contributed by atoms with E-state index < -0.39 is 0 Å². The van der Waals surface area contributed by atoms with Crippen LogP contribution in [-0.2, 0) is 0 Å². The molecule has 3 nitrogen and oxygen atoms in total. The minimum Gasteiger partial charge on any atom is -0.265 e. The van der Waals surface area contributed by atoms with E-state index in [2.05, 4.69) is 28.0 Å². The van der Waals surface area contributed by atoms with Crippen molar-refractivity contribution in [1.82, 2.24) is 9.97 Å². The summed E-state index contributed by atoms with van der Waals surface area (Å²) in [5.74, 6) is 0.287. The van der Waals surface area contributed by atoms with Crippen molar-refractivity contribution in [3.8, 4) is 0 Å². The molecule has 2 aromatic heterocycles. The summed E-state index contributed by atoms with van der Waals surface area (Å²) in [5.41, 5.74) is 3.27. The number of rotatable bonds is 4. The highest BCUT2D eigenvalue weighted by molar-refractivity contribution is 5.73. The van der Waals surface area contributed by atoms with Crippen LogP contribution in [0.2, 0.25) is 0 Å². The van der Waals surface area contributed by atoms with Crippen molar-refractivity contribution in [3.63, 3.8) is 0 Å². The molecule has 0 aliphatic carbocycles. The lowest BCUT2D eigenvalue weighted by Gasteiger charge is -2.09. The minimum absolute atomic E-state index is 0.287. The van der Waals surface area contributed by atoms with Gasteiger partial charge in [-0.05, 0) is 36.8 Å². The van der Waals surface area contributed by atoms with Crippen LogP contribution in [0.15, 0.2) is 60.1 Å². The molecule has 0 aliphatic rings. The number of nitrogens with zero attached hydrogens (tertiary/aromatic N) is 3. The average Bonchev–Trinajstić information content (AvgIpc) is 2.48. The highest BCUT2D eigenvalue weighted by Gasteiger charge is 2.05. The van der Waals surface area contributed by atoms with E-state index >= 15 is 0 Å². The third-order valence-corrected chi connectivity index (χ3v) is 2.88. The second-order valence-electron chi connectivity index (χ2n) is 4.24. The molecule has 1 unspecified atom stereocenters. The number of hydrogen-bond acceptors (Lipinski definition) is 3. The highest BCUT2D eigenvalue weighted by Crippen LogP contribution is 2.23. The van der Waals surface area contributed by atoms with E-state index in [-0.39, 0.29) is 5.92 Å². The Balaban J connectivity index is 2.32. The summed E-state index contributed by atoms with van der Waals surface area (Å²) in [6, 6.07) is 8.00. The summed E-state index contributed by atoms with van der Waals surface area (Å²) in [5, 5.41) is 0. The van der Waals surface area contributed by atoms with Crippen LogP contribution < -0.4 is 0 Å². The van der Waals surface area contributed by atoms with Gasteiger partial charge in [-0.15, -0.1) is 0 Å². The Morgan fingerprint density at radius 2 is 1.63 bits per heavy atom. The summed E-state index contributed by atoms with van der Waals surface area (Å²) in [7, 11) is 0. The predicted octanol–water partition coefficient (Wildman–Crippen LogP) is 3.71. The topological polar surface area (TPSA) is 38.1 Å². The average molecular weight is 251 g/mol. The van der Waals surface area contributed by atoms with Crippen molar-refractivity contribution in [2.24, 2.45) is 4.99 Å². The lowest BCUT2D eigenvalue weighted by molar-refractivity contribution is 0.960. The van der Waals surface area contributed by atoms with Gasteiger partial charge in [-0.1, -0.05) is 13.0 Å². The summed E-state index contributed by atoms with van der Waals surface area (Å²) in [6.45, 7) is 4.08. The first kappa shape index (κ1) is 13.1. The number of allylic oxidation sites excluding steroid dienone is 1. The van der Waals surface area contributed by atoms with Gasteiger partial charge in [0.25, 0.3) is 0 Å². The van der Waals surface area contributed by atoms with Crippen molar-refractivity contribution >= 4 is 11.9 Å². The van der Waals surface area contributed by atoms with Gasteiger partial charge in [-0.2, -0.15) is 0 Å². The fourth-order valence-electron chi connectivity index (χ4n) is 1.88. The summed E-state index contributed by atoms with van der Waals surface area (Å²) >= 11 is 0. The molecule has 0 bridgehead atoms. The summed E-state index contributed by atoms with van der Waals surface area (Å²) in [4.78, 5) is 12.5. The van der Waals surface area contributed by atoms with Gasteiger partial charge in [0.2, 0.25) is 0 Å². The SMILES string of the molecule is CC=N/C(=C\C(C)c1ccncc1)c1ccncc1. The molecular weight excluding hydrogens is 234 g/mol. The smallest absolute Gasteiger partial charge is 0.0665 e. The molecular formula is C16H17N3. The Morgan fingerprint density at radius 1 is 1.05 bits per heavy atom. The van der Waals surface area contributed by atoms with Crippen LogP contribution in [0.5, 0.6) is 0 Å². The highest BCUT2D eigenvalue weighted by atomic mass is 14.7. The van der Waals surface area contributed by atoms with Crippen LogP contribution in [-0.4, -0.2) is 16.2 Å². The van der Waals surface area contributed by atoms with Crippen molar-refractivity contribution in [3.05, 3.63) is 66.3 Å². The molecule has 2 heterocycles. The first-order valence-electron chi connectivity index (χ1n) is 6.32. The standard InChI is InChI=1S/C16H17N3/c1-3-19-16(15-6-10-18-11-7-15)12-13(2)14-4-8-17-9-5-14/h3-13H,1-2H3/b16-12-,19-3?. The van der Waals surface area contributed by atoms with E-state index in [0.29, 0.717) is 0 Å². The molecule has 0 N–H and O–H groups in total.